The summed E-state index contributed by atoms with van der Waals surface area (Å²) in [5.41, 5.74) is 3.53. The fraction of sp³-hybridized carbons (Fsp3) is 0.400. The molecule has 0 unspecified atom stereocenters. The fourth-order valence-electron chi connectivity index (χ4n) is 3.66. The average Bonchev–Trinajstić information content (AvgIpc) is 3.42. The second-order valence-corrected chi connectivity index (χ2v) is 8.47. The van der Waals surface area contributed by atoms with Gasteiger partial charge >= 0.3 is 0 Å². The van der Waals surface area contributed by atoms with Crippen LogP contribution in [0.25, 0.3) is 5.69 Å². The van der Waals surface area contributed by atoms with E-state index >= 15 is 0 Å². The Labute approximate surface area is 178 Å². The number of carbonyl (C=O) groups is 1. The first kappa shape index (κ1) is 20.1. The van der Waals surface area contributed by atoms with Gasteiger partial charge in [-0.05, 0) is 61.4 Å². The molecular weight excluding hydrogens is 410 g/mol. The Morgan fingerprint density at radius 3 is 2.97 bits per heavy atom. The number of aryl methyl sites for hydroxylation is 1. The van der Waals surface area contributed by atoms with Crippen molar-refractivity contribution in [1.82, 2.24) is 24.8 Å². The van der Waals surface area contributed by atoms with E-state index in [9.17, 15) is 4.79 Å². The number of ketones is 1. The van der Waals surface area contributed by atoms with Crippen LogP contribution in [0.15, 0.2) is 35.5 Å². The number of carbonyl (C=O) groups excluding carboxylic acids is 1. The number of rotatable bonds is 7. The molecule has 0 bridgehead atoms. The molecule has 29 heavy (non-hydrogen) atoms. The van der Waals surface area contributed by atoms with E-state index in [1.165, 1.54) is 11.8 Å². The second-order valence-electron chi connectivity index (χ2n) is 7.09. The summed E-state index contributed by atoms with van der Waals surface area (Å²) >= 11 is 7.49. The van der Waals surface area contributed by atoms with E-state index in [0.717, 1.165) is 36.5 Å². The Morgan fingerprint density at radius 2 is 2.21 bits per heavy atom. The molecule has 1 atom stereocenters. The first-order valence-electron chi connectivity index (χ1n) is 9.51. The van der Waals surface area contributed by atoms with E-state index in [4.69, 9.17) is 16.3 Å². The van der Waals surface area contributed by atoms with Crippen molar-refractivity contribution in [2.45, 2.75) is 44.5 Å². The Bertz CT molecular complexity index is 1030. The zero-order valence-corrected chi connectivity index (χ0v) is 17.9. The lowest BCUT2D eigenvalue weighted by atomic mass is 10.2. The Balaban J connectivity index is 1.47. The van der Waals surface area contributed by atoms with Crippen LogP contribution in [-0.4, -0.2) is 49.0 Å². The molecule has 152 valence electrons. The Hall–Kier alpha value is -2.16. The van der Waals surface area contributed by atoms with Gasteiger partial charge in [-0.15, -0.1) is 5.10 Å². The zero-order valence-electron chi connectivity index (χ0n) is 16.3. The minimum absolute atomic E-state index is 0.0445. The minimum Gasteiger partial charge on any atom is -0.376 e. The number of benzene rings is 1. The molecule has 0 saturated carbocycles. The largest absolute Gasteiger partial charge is 0.376 e. The van der Waals surface area contributed by atoms with Crippen molar-refractivity contribution in [1.29, 1.82) is 0 Å². The third kappa shape index (κ3) is 4.39. The first-order chi connectivity index (χ1) is 14.0. The van der Waals surface area contributed by atoms with Gasteiger partial charge in [0, 0.05) is 34.3 Å². The van der Waals surface area contributed by atoms with Gasteiger partial charge < -0.3 is 9.30 Å². The summed E-state index contributed by atoms with van der Waals surface area (Å²) in [5, 5.41) is 13.2. The Morgan fingerprint density at radius 1 is 1.34 bits per heavy atom. The SMILES string of the molecule is Cc1cc(C(=O)CSc2nnnn2C[C@H]2CCCO2)c(C)n1-c1cccc(Cl)c1. The second kappa shape index (κ2) is 8.69. The van der Waals surface area contributed by atoms with E-state index in [-0.39, 0.29) is 17.6 Å². The lowest BCUT2D eigenvalue weighted by Crippen LogP contribution is -2.17. The lowest BCUT2D eigenvalue weighted by molar-refractivity contribution is 0.0912. The van der Waals surface area contributed by atoms with Gasteiger partial charge in [0.05, 0.1) is 18.4 Å². The number of hydrogen-bond donors (Lipinski definition) is 0. The molecule has 3 aromatic rings. The van der Waals surface area contributed by atoms with Crippen LogP contribution in [0, 0.1) is 13.8 Å². The van der Waals surface area contributed by atoms with Crippen molar-refractivity contribution in [3.63, 3.8) is 0 Å². The van der Waals surface area contributed by atoms with Crippen LogP contribution >= 0.6 is 23.4 Å². The number of thioether (sulfide) groups is 1. The molecule has 0 spiro atoms. The van der Waals surface area contributed by atoms with Gasteiger partial charge in [-0.1, -0.05) is 29.4 Å². The van der Waals surface area contributed by atoms with E-state index in [0.29, 0.717) is 22.3 Å². The zero-order chi connectivity index (χ0) is 20.4. The average molecular weight is 432 g/mol. The number of aromatic nitrogens is 5. The highest BCUT2D eigenvalue weighted by Gasteiger charge is 2.21. The van der Waals surface area contributed by atoms with Gasteiger partial charge in [0.1, 0.15) is 0 Å². The van der Waals surface area contributed by atoms with Crippen LogP contribution in [0.5, 0.6) is 0 Å². The van der Waals surface area contributed by atoms with E-state index in [1.807, 2.05) is 48.7 Å². The highest BCUT2D eigenvalue weighted by Crippen LogP contribution is 2.25. The predicted molar refractivity (Wildman–Crippen MR) is 112 cm³/mol. The molecule has 1 aliphatic heterocycles. The summed E-state index contributed by atoms with van der Waals surface area (Å²) in [6, 6.07) is 9.54. The van der Waals surface area contributed by atoms with Crippen LogP contribution in [0.3, 0.4) is 0 Å². The molecule has 4 rings (SSSR count). The topological polar surface area (TPSA) is 74.8 Å². The van der Waals surface area contributed by atoms with Crippen molar-refractivity contribution in [2.75, 3.05) is 12.4 Å². The molecule has 0 radical (unpaired) electrons. The summed E-state index contributed by atoms with van der Waals surface area (Å²) in [4.78, 5) is 12.9. The van der Waals surface area contributed by atoms with Crippen molar-refractivity contribution >= 4 is 29.1 Å². The molecule has 1 saturated heterocycles. The van der Waals surface area contributed by atoms with Gasteiger partial charge in [0.2, 0.25) is 5.16 Å². The fourth-order valence-corrected chi connectivity index (χ4v) is 4.62. The lowest BCUT2D eigenvalue weighted by Gasteiger charge is -2.10. The van der Waals surface area contributed by atoms with Gasteiger partial charge in [-0.2, -0.15) is 0 Å². The maximum absolute atomic E-state index is 12.9. The number of tetrazole rings is 1. The number of Topliss-reactive ketones (excluding diaryl/α,β-unsaturated/α-hetero) is 1. The minimum atomic E-state index is 0.0445. The number of ether oxygens (including phenoxy) is 1. The standard InChI is InChI=1S/C20H22ClN5O2S/c1-13-9-18(14(2)26(13)16-6-3-5-15(21)10-16)19(27)12-29-20-22-23-24-25(20)11-17-7-4-8-28-17/h3,5-6,9-10,17H,4,7-8,11-12H2,1-2H3/t17-/m1/s1. The molecular formula is C20H22ClN5O2S. The van der Waals surface area contributed by atoms with Gasteiger partial charge in [0.25, 0.3) is 0 Å². The summed E-state index contributed by atoms with van der Waals surface area (Å²) < 4.78 is 9.43. The molecule has 1 aromatic carbocycles. The monoisotopic (exact) mass is 431 g/mol. The summed E-state index contributed by atoms with van der Waals surface area (Å²) in [5.74, 6) is 0.314. The van der Waals surface area contributed by atoms with Crippen molar-refractivity contribution in [3.8, 4) is 5.69 Å². The molecule has 1 fully saturated rings. The molecule has 0 aliphatic carbocycles. The van der Waals surface area contributed by atoms with Crippen LogP contribution < -0.4 is 0 Å². The summed E-state index contributed by atoms with van der Waals surface area (Å²) in [6.07, 6.45) is 2.22. The van der Waals surface area contributed by atoms with Crippen LogP contribution in [0.4, 0.5) is 0 Å². The highest BCUT2D eigenvalue weighted by molar-refractivity contribution is 7.99. The predicted octanol–water partition coefficient (Wildman–Crippen LogP) is 3.89. The van der Waals surface area contributed by atoms with Crippen LogP contribution in [0.1, 0.15) is 34.6 Å². The maximum Gasteiger partial charge on any atom is 0.209 e. The summed E-state index contributed by atoms with van der Waals surface area (Å²) in [7, 11) is 0. The quantitative estimate of drug-likeness (QED) is 0.417. The number of halogens is 1. The van der Waals surface area contributed by atoms with Crippen molar-refractivity contribution in [2.24, 2.45) is 0 Å². The molecule has 0 amide bonds. The molecule has 1 aliphatic rings. The van der Waals surface area contributed by atoms with Crippen molar-refractivity contribution in [3.05, 3.63) is 52.3 Å². The Kier molecular flexibility index (Phi) is 6.03. The molecule has 7 nitrogen and oxygen atoms in total. The number of hydrogen-bond acceptors (Lipinski definition) is 6. The third-order valence-electron chi connectivity index (χ3n) is 5.03. The summed E-state index contributed by atoms with van der Waals surface area (Å²) in [6.45, 7) is 5.34. The van der Waals surface area contributed by atoms with Gasteiger partial charge in [-0.25, -0.2) is 4.68 Å². The van der Waals surface area contributed by atoms with Crippen molar-refractivity contribution < 1.29 is 9.53 Å². The molecule has 0 N–H and O–H groups in total. The van der Waals surface area contributed by atoms with E-state index < -0.39 is 0 Å². The van der Waals surface area contributed by atoms with E-state index in [1.54, 1.807) is 4.68 Å². The normalized spacial score (nSPS) is 16.4. The first-order valence-corrected chi connectivity index (χ1v) is 10.9. The van der Waals surface area contributed by atoms with E-state index in [2.05, 4.69) is 15.5 Å². The van der Waals surface area contributed by atoms with Crippen LogP contribution in [-0.2, 0) is 11.3 Å². The molecule has 3 heterocycles. The number of nitrogens with zero attached hydrogens (tertiary/aromatic N) is 5. The highest BCUT2D eigenvalue weighted by atomic mass is 35.5. The molecule has 9 heteroatoms. The van der Waals surface area contributed by atoms with Gasteiger partial charge in [-0.3, -0.25) is 4.79 Å². The van der Waals surface area contributed by atoms with Gasteiger partial charge in [0.15, 0.2) is 5.78 Å². The third-order valence-corrected chi connectivity index (χ3v) is 6.22. The van der Waals surface area contributed by atoms with Crippen LogP contribution in [0.2, 0.25) is 5.02 Å². The maximum atomic E-state index is 12.9. The smallest absolute Gasteiger partial charge is 0.209 e. The molecule has 2 aromatic heterocycles.